The molecule has 0 saturated carbocycles. The minimum absolute atomic E-state index is 0.00691. The Hall–Kier alpha value is -2.16. The summed E-state index contributed by atoms with van der Waals surface area (Å²) >= 11 is 0. The second-order valence-corrected chi connectivity index (χ2v) is 3.61. The SMILES string of the molecule is CC(CCOC(=O)c1cccn1CC#N)=C(F)F. The quantitative estimate of drug-likeness (QED) is 0.759. The number of rotatable bonds is 5. The minimum atomic E-state index is -1.75. The number of hydrogen-bond donors (Lipinski definition) is 0. The van der Waals surface area contributed by atoms with Gasteiger partial charge in [-0.2, -0.15) is 14.0 Å². The highest BCUT2D eigenvalue weighted by Gasteiger charge is 2.12. The molecule has 1 aromatic rings. The molecule has 6 heteroatoms. The van der Waals surface area contributed by atoms with E-state index < -0.39 is 12.0 Å². The third-order valence-corrected chi connectivity index (χ3v) is 2.31. The number of aromatic nitrogens is 1. The second-order valence-electron chi connectivity index (χ2n) is 3.61. The van der Waals surface area contributed by atoms with Crippen molar-refractivity contribution in [2.24, 2.45) is 0 Å². The van der Waals surface area contributed by atoms with Crippen molar-refractivity contribution in [1.82, 2.24) is 4.57 Å². The summed E-state index contributed by atoms with van der Waals surface area (Å²) in [5.41, 5.74) is 0.133. The van der Waals surface area contributed by atoms with E-state index >= 15 is 0 Å². The topological polar surface area (TPSA) is 55.0 Å². The largest absolute Gasteiger partial charge is 0.461 e. The van der Waals surface area contributed by atoms with Crippen LogP contribution in [0.25, 0.3) is 0 Å². The zero-order valence-electron chi connectivity index (χ0n) is 9.82. The fourth-order valence-corrected chi connectivity index (χ4v) is 1.28. The van der Waals surface area contributed by atoms with Crippen LogP contribution in [-0.2, 0) is 11.3 Å². The highest BCUT2D eigenvalue weighted by molar-refractivity contribution is 5.87. The monoisotopic (exact) mass is 254 g/mol. The molecule has 0 bridgehead atoms. The molecule has 0 radical (unpaired) electrons. The number of nitriles is 1. The summed E-state index contributed by atoms with van der Waals surface area (Å²) in [5, 5.41) is 8.54. The number of halogens is 2. The lowest BCUT2D eigenvalue weighted by molar-refractivity contribution is 0.0496. The van der Waals surface area contributed by atoms with Gasteiger partial charge in [-0.3, -0.25) is 0 Å². The van der Waals surface area contributed by atoms with Crippen molar-refractivity contribution in [3.63, 3.8) is 0 Å². The highest BCUT2D eigenvalue weighted by Crippen LogP contribution is 2.11. The fraction of sp³-hybridized carbons (Fsp3) is 0.333. The Morgan fingerprint density at radius 3 is 2.89 bits per heavy atom. The van der Waals surface area contributed by atoms with Crippen LogP contribution in [-0.4, -0.2) is 17.1 Å². The van der Waals surface area contributed by atoms with E-state index in [2.05, 4.69) is 0 Å². The Morgan fingerprint density at radius 2 is 2.28 bits per heavy atom. The van der Waals surface area contributed by atoms with E-state index in [0.29, 0.717) is 0 Å². The van der Waals surface area contributed by atoms with Crippen molar-refractivity contribution in [2.45, 2.75) is 19.9 Å². The van der Waals surface area contributed by atoms with Crippen LogP contribution in [0.5, 0.6) is 0 Å². The van der Waals surface area contributed by atoms with E-state index in [-0.39, 0.29) is 30.8 Å². The second kappa shape index (κ2) is 6.55. The van der Waals surface area contributed by atoms with Gasteiger partial charge < -0.3 is 9.30 Å². The smallest absolute Gasteiger partial charge is 0.354 e. The summed E-state index contributed by atoms with van der Waals surface area (Å²) in [6, 6.07) is 5.03. The van der Waals surface area contributed by atoms with Crippen LogP contribution in [0.15, 0.2) is 30.0 Å². The number of carbonyl (C=O) groups excluding carboxylic acids is 1. The summed E-state index contributed by atoms with van der Waals surface area (Å²) in [7, 11) is 0. The first kappa shape index (κ1) is 13.9. The van der Waals surface area contributed by atoms with Crippen molar-refractivity contribution in [3.8, 4) is 6.07 Å². The highest BCUT2D eigenvalue weighted by atomic mass is 19.3. The van der Waals surface area contributed by atoms with Crippen LogP contribution in [0.3, 0.4) is 0 Å². The van der Waals surface area contributed by atoms with Crippen molar-refractivity contribution in [2.75, 3.05) is 6.61 Å². The molecule has 1 heterocycles. The van der Waals surface area contributed by atoms with E-state index in [9.17, 15) is 13.6 Å². The average Bonchev–Trinajstić information content (AvgIpc) is 2.77. The maximum absolute atomic E-state index is 12.1. The predicted octanol–water partition coefficient (Wildman–Crippen LogP) is 2.73. The van der Waals surface area contributed by atoms with E-state index in [1.807, 2.05) is 6.07 Å². The van der Waals surface area contributed by atoms with Crippen LogP contribution >= 0.6 is 0 Å². The zero-order chi connectivity index (χ0) is 13.5. The van der Waals surface area contributed by atoms with Crippen molar-refractivity contribution < 1.29 is 18.3 Å². The lowest BCUT2D eigenvalue weighted by atomic mass is 10.2. The summed E-state index contributed by atoms with van der Waals surface area (Å²) in [6.07, 6.45) is -0.182. The summed E-state index contributed by atoms with van der Waals surface area (Å²) < 4.78 is 30.5. The third-order valence-electron chi connectivity index (χ3n) is 2.31. The van der Waals surface area contributed by atoms with Crippen LogP contribution in [0, 0.1) is 11.3 Å². The maximum Gasteiger partial charge on any atom is 0.354 e. The van der Waals surface area contributed by atoms with E-state index in [1.54, 1.807) is 12.3 Å². The number of carbonyl (C=O) groups is 1. The first-order valence-corrected chi connectivity index (χ1v) is 5.26. The van der Waals surface area contributed by atoms with Crippen LogP contribution in [0.4, 0.5) is 8.78 Å². The van der Waals surface area contributed by atoms with Crippen LogP contribution < -0.4 is 0 Å². The molecule has 0 aliphatic heterocycles. The zero-order valence-corrected chi connectivity index (χ0v) is 9.82. The van der Waals surface area contributed by atoms with Gasteiger partial charge in [0.05, 0.1) is 12.7 Å². The normalized spacial score (nSPS) is 9.67. The Balaban J connectivity index is 2.54. The molecule has 0 fully saturated rings. The van der Waals surface area contributed by atoms with Crippen molar-refractivity contribution in [3.05, 3.63) is 35.7 Å². The molecule has 4 nitrogen and oxygen atoms in total. The Morgan fingerprint density at radius 1 is 1.56 bits per heavy atom. The molecule has 0 aliphatic rings. The molecule has 0 saturated heterocycles. The summed E-state index contributed by atoms with van der Waals surface area (Å²) in [6.45, 7) is 1.21. The molecule has 1 aromatic heterocycles. The fourth-order valence-electron chi connectivity index (χ4n) is 1.28. The molecule has 1 rings (SSSR count). The standard InChI is InChI=1S/C12H12F2N2O2/c1-9(11(13)14)4-8-18-12(17)10-3-2-6-16(10)7-5-15/h2-3,6H,4,7-8H2,1H3. The first-order valence-electron chi connectivity index (χ1n) is 5.26. The van der Waals surface area contributed by atoms with Crippen molar-refractivity contribution in [1.29, 1.82) is 5.26 Å². The van der Waals surface area contributed by atoms with Gasteiger partial charge in [-0.25, -0.2) is 4.79 Å². The van der Waals surface area contributed by atoms with Crippen LogP contribution in [0.2, 0.25) is 0 Å². The molecular formula is C12H12F2N2O2. The van der Waals surface area contributed by atoms with Crippen LogP contribution in [0.1, 0.15) is 23.8 Å². The number of nitrogens with zero attached hydrogens (tertiary/aromatic N) is 2. The molecule has 96 valence electrons. The molecule has 0 aliphatic carbocycles. The first-order chi connectivity index (χ1) is 8.56. The van der Waals surface area contributed by atoms with E-state index in [4.69, 9.17) is 10.00 Å². The molecule has 0 aromatic carbocycles. The molecule has 0 N–H and O–H groups in total. The van der Waals surface area contributed by atoms with Crippen molar-refractivity contribution >= 4 is 5.97 Å². The average molecular weight is 254 g/mol. The number of esters is 1. The Kier molecular flexibility index (Phi) is 5.06. The van der Waals surface area contributed by atoms with Gasteiger partial charge in [-0.15, -0.1) is 0 Å². The van der Waals surface area contributed by atoms with E-state index in [0.717, 1.165) is 0 Å². The van der Waals surface area contributed by atoms with Gasteiger partial charge in [0.2, 0.25) is 0 Å². The summed E-state index contributed by atoms with van der Waals surface area (Å²) in [4.78, 5) is 11.6. The molecule has 0 amide bonds. The van der Waals surface area contributed by atoms with Gasteiger partial charge in [0.1, 0.15) is 12.2 Å². The van der Waals surface area contributed by atoms with E-state index in [1.165, 1.54) is 17.6 Å². The number of hydrogen-bond acceptors (Lipinski definition) is 3. The Labute approximate surface area is 103 Å². The van der Waals surface area contributed by atoms with Gasteiger partial charge in [0.25, 0.3) is 6.08 Å². The lowest BCUT2D eigenvalue weighted by Gasteiger charge is -2.06. The van der Waals surface area contributed by atoms with Gasteiger partial charge in [0, 0.05) is 12.6 Å². The molecule has 0 spiro atoms. The van der Waals surface area contributed by atoms with Gasteiger partial charge in [-0.05, 0) is 24.6 Å². The molecule has 0 atom stereocenters. The molecule has 0 unspecified atom stereocenters. The van der Waals surface area contributed by atoms with Gasteiger partial charge in [-0.1, -0.05) is 0 Å². The van der Waals surface area contributed by atoms with Gasteiger partial charge >= 0.3 is 5.97 Å². The summed E-state index contributed by atoms with van der Waals surface area (Å²) in [5.74, 6) is -0.623. The lowest BCUT2D eigenvalue weighted by Crippen LogP contribution is -2.12. The minimum Gasteiger partial charge on any atom is -0.461 e. The number of ether oxygens (including phenoxy) is 1. The Bertz CT molecular complexity index is 496. The predicted molar refractivity (Wildman–Crippen MR) is 59.9 cm³/mol. The third kappa shape index (κ3) is 3.70. The molecular weight excluding hydrogens is 242 g/mol. The maximum atomic E-state index is 12.1. The van der Waals surface area contributed by atoms with Gasteiger partial charge in [0.15, 0.2) is 0 Å². The molecule has 18 heavy (non-hydrogen) atoms.